The van der Waals surface area contributed by atoms with Crippen LogP contribution in [0.25, 0.3) is 17.4 Å². The van der Waals surface area contributed by atoms with Gasteiger partial charge in [0.2, 0.25) is 0 Å². The lowest BCUT2D eigenvalue weighted by atomic mass is 10.1. The van der Waals surface area contributed by atoms with Gasteiger partial charge in [-0.3, -0.25) is 19.3 Å². The summed E-state index contributed by atoms with van der Waals surface area (Å²) in [6.07, 6.45) is 1.41. The number of hydrogen-bond acceptors (Lipinski definition) is 7. The minimum atomic E-state index is -1.05. The number of carbonyl (C=O) groups excluding carboxylic acids is 3. The number of ether oxygens (including phenoxy) is 1. The second-order valence-corrected chi connectivity index (χ2v) is 7.93. The molecule has 1 saturated heterocycles. The van der Waals surface area contributed by atoms with Gasteiger partial charge < -0.3 is 14.3 Å². The first kappa shape index (κ1) is 21.4. The van der Waals surface area contributed by atoms with Gasteiger partial charge >= 0.3 is 11.9 Å². The molecule has 1 fully saturated rings. The van der Waals surface area contributed by atoms with Crippen molar-refractivity contribution < 1.29 is 33.4 Å². The third kappa shape index (κ3) is 4.98. The lowest BCUT2D eigenvalue weighted by molar-refractivity contribution is -0.147. The Morgan fingerprint density at radius 3 is 2.70 bits per heavy atom. The molecule has 0 aliphatic carbocycles. The van der Waals surface area contributed by atoms with Crippen molar-refractivity contribution in [1.29, 1.82) is 0 Å². The van der Waals surface area contributed by atoms with Crippen LogP contribution in [0.15, 0.2) is 45.7 Å². The Hall–Kier alpha value is -3.33. The number of furan rings is 1. The van der Waals surface area contributed by atoms with Gasteiger partial charge in [0, 0.05) is 11.6 Å². The van der Waals surface area contributed by atoms with E-state index in [4.69, 9.17) is 14.3 Å². The van der Waals surface area contributed by atoms with Crippen molar-refractivity contribution in [1.82, 2.24) is 4.90 Å². The maximum atomic E-state index is 12.5. The zero-order valence-electron chi connectivity index (χ0n) is 16.3. The minimum absolute atomic E-state index is 0.121. The van der Waals surface area contributed by atoms with Crippen molar-refractivity contribution in [3.05, 3.63) is 52.6 Å². The highest BCUT2D eigenvalue weighted by atomic mass is 32.2. The number of nitrogens with zero attached hydrogens (tertiary/aromatic N) is 1. The molecule has 2 amide bonds. The average Bonchev–Trinajstić information content (AvgIpc) is 3.27. The summed E-state index contributed by atoms with van der Waals surface area (Å²) in [6, 6.07) is 9.49. The van der Waals surface area contributed by atoms with Gasteiger partial charge in [-0.25, -0.2) is 4.79 Å². The molecule has 8 nitrogen and oxygen atoms in total. The highest BCUT2D eigenvalue weighted by molar-refractivity contribution is 8.18. The van der Waals surface area contributed by atoms with Crippen molar-refractivity contribution >= 4 is 40.9 Å². The summed E-state index contributed by atoms with van der Waals surface area (Å²) in [5.74, 6) is -1.42. The quantitative estimate of drug-likeness (QED) is 0.521. The van der Waals surface area contributed by atoms with Crippen LogP contribution in [-0.4, -0.2) is 46.2 Å². The van der Waals surface area contributed by atoms with E-state index in [1.807, 2.05) is 13.8 Å². The van der Waals surface area contributed by atoms with Crippen molar-refractivity contribution in [2.75, 3.05) is 13.2 Å². The molecular formula is C21H19NO7S. The van der Waals surface area contributed by atoms with E-state index in [1.54, 1.807) is 24.3 Å². The van der Waals surface area contributed by atoms with Crippen molar-refractivity contribution in [2.45, 2.75) is 13.8 Å². The normalized spacial score (nSPS) is 15.3. The van der Waals surface area contributed by atoms with Gasteiger partial charge in [-0.05, 0) is 41.9 Å². The molecule has 1 aromatic heterocycles. The summed E-state index contributed by atoms with van der Waals surface area (Å²) in [5, 5.41) is 8.54. The molecule has 1 aliphatic rings. The average molecular weight is 429 g/mol. The van der Waals surface area contributed by atoms with Crippen LogP contribution in [0.5, 0.6) is 0 Å². The topological polar surface area (TPSA) is 114 Å². The molecule has 0 radical (unpaired) electrons. The summed E-state index contributed by atoms with van der Waals surface area (Å²) >= 11 is 0.707. The van der Waals surface area contributed by atoms with E-state index in [1.165, 1.54) is 18.2 Å². The van der Waals surface area contributed by atoms with Crippen LogP contribution in [-0.2, 0) is 14.3 Å². The number of benzene rings is 1. The van der Waals surface area contributed by atoms with Gasteiger partial charge in [0.1, 0.15) is 18.1 Å². The second-order valence-electron chi connectivity index (χ2n) is 6.93. The Balaban J connectivity index is 1.73. The molecule has 1 N–H and O–H groups in total. The number of thioether (sulfide) groups is 1. The van der Waals surface area contributed by atoms with Crippen LogP contribution in [0.2, 0.25) is 0 Å². The summed E-state index contributed by atoms with van der Waals surface area (Å²) in [7, 11) is 0. The number of esters is 1. The van der Waals surface area contributed by atoms with Crippen molar-refractivity contribution in [3.8, 4) is 11.3 Å². The van der Waals surface area contributed by atoms with E-state index in [-0.39, 0.29) is 23.0 Å². The zero-order chi connectivity index (χ0) is 21.8. The first-order valence-corrected chi connectivity index (χ1v) is 9.91. The molecule has 30 heavy (non-hydrogen) atoms. The zero-order valence-corrected chi connectivity index (χ0v) is 17.1. The van der Waals surface area contributed by atoms with Crippen LogP contribution in [0.3, 0.4) is 0 Å². The van der Waals surface area contributed by atoms with Gasteiger partial charge in [-0.2, -0.15) is 0 Å². The Kier molecular flexibility index (Phi) is 6.41. The summed E-state index contributed by atoms with van der Waals surface area (Å²) < 4.78 is 10.7. The van der Waals surface area contributed by atoms with E-state index in [9.17, 15) is 19.2 Å². The van der Waals surface area contributed by atoms with Crippen LogP contribution in [0, 0.1) is 5.92 Å². The number of aromatic carboxylic acids is 1. The first-order valence-electron chi connectivity index (χ1n) is 9.09. The molecule has 0 atom stereocenters. The van der Waals surface area contributed by atoms with E-state index < -0.39 is 29.6 Å². The molecule has 0 bridgehead atoms. The molecule has 2 heterocycles. The van der Waals surface area contributed by atoms with E-state index in [0.717, 1.165) is 4.90 Å². The fraction of sp³-hybridized carbons (Fsp3) is 0.238. The summed E-state index contributed by atoms with van der Waals surface area (Å²) in [6.45, 7) is 3.53. The van der Waals surface area contributed by atoms with Gasteiger partial charge in [0.05, 0.1) is 17.1 Å². The standard InChI is InChI=1S/C21H19NO7S/c1-12(2)11-28-18(23)10-22-19(24)17(30-21(22)27)9-15-6-7-16(29-15)13-4-3-5-14(8-13)20(25)26/h3-9,12H,10-11H2,1-2H3,(H,25,26)/b17-9+. The third-order valence-corrected chi connectivity index (χ3v) is 4.94. The molecule has 1 aliphatic heterocycles. The van der Waals surface area contributed by atoms with Crippen LogP contribution >= 0.6 is 11.8 Å². The highest BCUT2D eigenvalue weighted by Gasteiger charge is 2.37. The largest absolute Gasteiger partial charge is 0.478 e. The predicted molar refractivity (Wildman–Crippen MR) is 110 cm³/mol. The number of amides is 2. The summed E-state index contributed by atoms with van der Waals surface area (Å²) in [4.78, 5) is 48.5. The molecule has 0 saturated carbocycles. The van der Waals surface area contributed by atoms with E-state index >= 15 is 0 Å². The van der Waals surface area contributed by atoms with Gasteiger partial charge in [-0.1, -0.05) is 26.0 Å². The number of imide groups is 1. The number of hydrogen-bond donors (Lipinski definition) is 1. The molecule has 1 aromatic carbocycles. The second kappa shape index (κ2) is 9.00. The molecule has 2 aromatic rings. The monoisotopic (exact) mass is 429 g/mol. The minimum Gasteiger partial charge on any atom is -0.478 e. The fourth-order valence-electron chi connectivity index (χ4n) is 2.59. The van der Waals surface area contributed by atoms with Gasteiger partial charge in [0.15, 0.2) is 0 Å². The van der Waals surface area contributed by atoms with Crippen LogP contribution < -0.4 is 0 Å². The van der Waals surface area contributed by atoms with Crippen LogP contribution in [0.1, 0.15) is 30.0 Å². The maximum Gasteiger partial charge on any atom is 0.335 e. The number of carbonyl (C=O) groups is 4. The van der Waals surface area contributed by atoms with Gasteiger partial charge in [-0.15, -0.1) is 0 Å². The smallest absolute Gasteiger partial charge is 0.335 e. The van der Waals surface area contributed by atoms with Crippen molar-refractivity contribution in [2.24, 2.45) is 5.92 Å². The molecule has 0 spiro atoms. The predicted octanol–water partition coefficient (Wildman–Crippen LogP) is 3.88. The van der Waals surface area contributed by atoms with E-state index in [0.29, 0.717) is 28.8 Å². The number of rotatable bonds is 7. The molecular weight excluding hydrogens is 410 g/mol. The molecule has 9 heteroatoms. The third-order valence-electron chi connectivity index (χ3n) is 4.03. The molecule has 0 unspecified atom stereocenters. The molecule has 3 rings (SSSR count). The van der Waals surface area contributed by atoms with Crippen molar-refractivity contribution in [3.63, 3.8) is 0 Å². The number of carboxylic acids is 1. The van der Waals surface area contributed by atoms with Gasteiger partial charge in [0.25, 0.3) is 11.1 Å². The SMILES string of the molecule is CC(C)COC(=O)CN1C(=O)S/C(=C/c2ccc(-c3cccc(C(=O)O)c3)o2)C1=O. The Morgan fingerprint density at radius 2 is 2.00 bits per heavy atom. The highest BCUT2D eigenvalue weighted by Crippen LogP contribution is 2.33. The lowest BCUT2D eigenvalue weighted by Crippen LogP contribution is -2.34. The van der Waals surface area contributed by atoms with Crippen LogP contribution in [0.4, 0.5) is 4.79 Å². The Morgan fingerprint density at radius 1 is 1.23 bits per heavy atom. The summed E-state index contributed by atoms with van der Waals surface area (Å²) in [5.41, 5.74) is 0.687. The van der Waals surface area contributed by atoms with E-state index in [2.05, 4.69) is 0 Å². The maximum absolute atomic E-state index is 12.5. The number of carboxylic acid groups (broad SMARTS) is 1. The Labute approximate surface area is 176 Å². The first-order chi connectivity index (χ1) is 14.2. The fourth-order valence-corrected chi connectivity index (χ4v) is 3.41. The Bertz CT molecular complexity index is 1040. The molecule has 156 valence electrons. The lowest BCUT2D eigenvalue weighted by Gasteiger charge is -2.12.